The molecule has 0 radical (unpaired) electrons. The van der Waals surface area contributed by atoms with Gasteiger partial charge in [0.2, 0.25) is 0 Å². The number of benzene rings is 1. The molecule has 0 aromatic heterocycles. The normalized spacial score (nSPS) is 29.0. The van der Waals surface area contributed by atoms with Crippen molar-refractivity contribution in [3.8, 4) is 0 Å². The summed E-state index contributed by atoms with van der Waals surface area (Å²) in [5.74, 6) is 2.39. The predicted octanol–water partition coefficient (Wildman–Crippen LogP) is 6.93. The minimum absolute atomic E-state index is 0. The van der Waals surface area contributed by atoms with Gasteiger partial charge in [0.1, 0.15) is 8.24 Å². The van der Waals surface area contributed by atoms with Crippen LogP contribution in [0.15, 0.2) is 30.3 Å². The molecule has 6 heteroatoms. The quantitative estimate of drug-likeness (QED) is 0.344. The first kappa shape index (κ1) is 24.7. The first-order chi connectivity index (χ1) is 13.0. The van der Waals surface area contributed by atoms with Crippen LogP contribution in [0.25, 0.3) is 11.4 Å². The molecule has 0 N–H and O–H groups in total. The molecule has 0 spiro atoms. The molecule has 0 bridgehead atoms. The van der Waals surface area contributed by atoms with Gasteiger partial charge in [0.05, 0.1) is 0 Å². The van der Waals surface area contributed by atoms with Crippen LogP contribution in [-0.2, 0) is 17.0 Å². The Morgan fingerprint density at radius 3 is 2.46 bits per heavy atom. The van der Waals surface area contributed by atoms with Crippen molar-refractivity contribution in [2.24, 2.45) is 11.8 Å². The monoisotopic (exact) mass is 472 g/mol. The molecular formula is C22H34Cl2N2SiTi-2. The van der Waals surface area contributed by atoms with Crippen molar-refractivity contribution >= 4 is 32.9 Å². The van der Waals surface area contributed by atoms with E-state index in [0.717, 1.165) is 36.4 Å². The van der Waals surface area contributed by atoms with E-state index in [4.69, 9.17) is 18.6 Å². The van der Waals surface area contributed by atoms with Crippen molar-refractivity contribution in [1.82, 2.24) is 4.57 Å². The average molecular weight is 473 g/mol. The number of hydrogen-bond donors (Lipinski definition) is 0. The molecule has 1 saturated heterocycles. The van der Waals surface area contributed by atoms with Crippen molar-refractivity contribution < 1.29 is 17.0 Å². The van der Waals surface area contributed by atoms with E-state index in [1.807, 2.05) is 0 Å². The van der Waals surface area contributed by atoms with Gasteiger partial charge in [-0.05, 0) is 53.9 Å². The number of hydrogen-bond acceptors (Lipinski definition) is 1. The molecule has 1 saturated carbocycles. The molecule has 4 unspecified atom stereocenters. The molecule has 1 aromatic rings. The molecule has 1 heterocycles. The van der Waals surface area contributed by atoms with Crippen molar-refractivity contribution in [2.75, 3.05) is 26.2 Å². The Morgan fingerprint density at radius 2 is 1.82 bits per heavy atom. The van der Waals surface area contributed by atoms with E-state index >= 15 is 0 Å². The second-order valence-electron chi connectivity index (χ2n) is 8.48. The van der Waals surface area contributed by atoms with Crippen molar-refractivity contribution in [3.05, 3.63) is 54.2 Å². The van der Waals surface area contributed by atoms with Crippen LogP contribution in [0, 0.1) is 19.3 Å². The van der Waals surface area contributed by atoms with Gasteiger partial charge in [-0.25, -0.2) is 0 Å². The van der Waals surface area contributed by atoms with Gasteiger partial charge in [-0.15, -0.1) is 13.1 Å². The van der Waals surface area contributed by atoms with Gasteiger partial charge in [0.15, 0.2) is 0 Å². The number of allylic oxidation sites excluding steroid dienone is 1. The summed E-state index contributed by atoms with van der Waals surface area (Å²) in [5.41, 5.74) is 3.96. The summed E-state index contributed by atoms with van der Waals surface area (Å²) in [6.07, 6.45) is 7.72. The molecular weight excluding hydrogens is 439 g/mol. The molecule has 2 aliphatic carbocycles. The zero-order valence-corrected chi connectivity index (χ0v) is 21.7. The Labute approximate surface area is 190 Å². The van der Waals surface area contributed by atoms with Gasteiger partial charge >= 0.3 is 35.6 Å². The molecule has 3 aliphatic rings. The van der Waals surface area contributed by atoms with Crippen LogP contribution >= 0.6 is 18.6 Å². The van der Waals surface area contributed by atoms with Gasteiger partial charge in [0, 0.05) is 0 Å². The van der Waals surface area contributed by atoms with Gasteiger partial charge < -0.3 is 17.3 Å². The first-order valence-corrected chi connectivity index (χ1v) is 17.5. The van der Waals surface area contributed by atoms with Crippen molar-refractivity contribution in [3.63, 3.8) is 0 Å². The van der Waals surface area contributed by atoms with E-state index in [-0.39, 0.29) is 7.43 Å². The first-order valence-electron chi connectivity index (χ1n) is 10.2. The van der Waals surface area contributed by atoms with E-state index in [1.54, 1.807) is 5.56 Å². The van der Waals surface area contributed by atoms with Gasteiger partial charge in [-0.3, -0.25) is 0 Å². The van der Waals surface area contributed by atoms with E-state index in [9.17, 15) is 0 Å². The van der Waals surface area contributed by atoms with Crippen LogP contribution in [0.2, 0.25) is 18.6 Å². The van der Waals surface area contributed by atoms with Gasteiger partial charge in [-0.1, -0.05) is 62.9 Å². The van der Waals surface area contributed by atoms with Crippen LogP contribution in [0.3, 0.4) is 0 Å². The van der Waals surface area contributed by atoms with Crippen molar-refractivity contribution in [1.29, 1.82) is 0 Å². The van der Waals surface area contributed by atoms with E-state index < -0.39 is 25.3 Å². The molecule has 28 heavy (non-hydrogen) atoms. The SMILES string of the molecule is CCC1CC2c3ccccc3C=CC2C1[Si](C)(C)N1CC[N-]CC1.[CH3-].[Cl][Ti][Cl]. The summed E-state index contributed by atoms with van der Waals surface area (Å²) in [4.78, 5) is 0. The number of nitrogens with zero attached hydrogens (tertiary/aromatic N) is 2. The molecule has 1 aliphatic heterocycles. The van der Waals surface area contributed by atoms with Crippen LogP contribution in [-0.4, -0.2) is 39.0 Å². The third-order valence-electron chi connectivity index (χ3n) is 7.05. The molecule has 0 amide bonds. The molecule has 1 aromatic carbocycles. The van der Waals surface area contributed by atoms with E-state index in [0.29, 0.717) is 0 Å². The van der Waals surface area contributed by atoms with E-state index in [2.05, 4.69) is 66.3 Å². The minimum atomic E-state index is -1.46. The number of rotatable bonds is 3. The summed E-state index contributed by atoms with van der Waals surface area (Å²) in [5, 5.41) is 4.58. The topological polar surface area (TPSA) is 17.3 Å². The molecule has 2 fully saturated rings. The Balaban J connectivity index is 0.000000660. The predicted molar refractivity (Wildman–Crippen MR) is 124 cm³/mol. The second-order valence-corrected chi connectivity index (χ2v) is 15.7. The molecule has 156 valence electrons. The zero-order valence-electron chi connectivity index (χ0n) is 17.7. The maximum absolute atomic E-state index is 4.89. The Hall–Kier alpha value is 0.391. The summed E-state index contributed by atoms with van der Waals surface area (Å²) in [6, 6.07) is 9.10. The van der Waals surface area contributed by atoms with Gasteiger partial charge in [-0.2, -0.15) is 0 Å². The number of fused-ring (bicyclic) bond motifs is 3. The summed E-state index contributed by atoms with van der Waals surface area (Å²) in [6.45, 7) is 12.2. The van der Waals surface area contributed by atoms with Crippen LogP contribution < -0.4 is 0 Å². The van der Waals surface area contributed by atoms with Crippen LogP contribution in [0.5, 0.6) is 0 Å². The van der Waals surface area contributed by atoms with E-state index in [1.165, 1.54) is 31.5 Å². The Bertz CT molecular complexity index is 649. The summed E-state index contributed by atoms with van der Waals surface area (Å²) >= 11 is -0.556. The fourth-order valence-electron chi connectivity index (χ4n) is 5.86. The van der Waals surface area contributed by atoms with Crippen molar-refractivity contribution in [2.45, 2.75) is 44.3 Å². The third kappa shape index (κ3) is 4.99. The van der Waals surface area contributed by atoms with Gasteiger partial charge in [0.25, 0.3) is 0 Å². The molecule has 4 atom stereocenters. The number of halogens is 2. The second kappa shape index (κ2) is 11.1. The number of piperazine rings is 1. The zero-order chi connectivity index (χ0) is 19.4. The fraction of sp³-hybridized carbons (Fsp3) is 0.591. The Kier molecular flexibility index (Phi) is 9.81. The van der Waals surface area contributed by atoms with Crippen LogP contribution in [0.1, 0.15) is 36.8 Å². The third-order valence-corrected chi connectivity index (χ3v) is 11.6. The van der Waals surface area contributed by atoms with Crippen LogP contribution in [0.4, 0.5) is 0 Å². The average Bonchev–Trinajstić information content (AvgIpc) is 3.09. The standard InChI is InChI=1S/C21H31N2Si.CH3.2ClH.Ti/c1-4-16-15-20-18-8-6-5-7-17(18)9-10-19(20)21(16)24(2,3)23-13-11-22-12-14-23;;;;/h5-10,16,19-21H,4,11-15H2,1-3H3;1H3;2*1H;/q2*-1;;;+2/p-2. The summed E-state index contributed by atoms with van der Waals surface area (Å²) < 4.78 is 2.87. The molecule has 2 nitrogen and oxygen atoms in total. The maximum atomic E-state index is 4.89. The summed E-state index contributed by atoms with van der Waals surface area (Å²) in [7, 11) is 8.32. The Morgan fingerprint density at radius 1 is 1.18 bits per heavy atom. The molecule has 4 rings (SSSR count). The fourth-order valence-corrected chi connectivity index (χ4v) is 10.4.